The first-order chi connectivity index (χ1) is 9.88. The zero-order chi connectivity index (χ0) is 15.6. The Bertz CT molecular complexity index is 668. The minimum Gasteiger partial charge on any atom is -0.454 e. The third-order valence-corrected chi connectivity index (χ3v) is 3.04. The van der Waals surface area contributed by atoms with Crippen molar-refractivity contribution in [3.63, 3.8) is 0 Å². The summed E-state index contributed by atoms with van der Waals surface area (Å²) >= 11 is 0. The zero-order valence-corrected chi connectivity index (χ0v) is 11.5. The highest BCUT2D eigenvalue weighted by atomic mass is 19.1. The van der Waals surface area contributed by atoms with E-state index in [0.717, 1.165) is 6.07 Å². The fraction of sp³-hybridized carbons (Fsp3) is 0.200. The number of halogens is 1. The number of benzene rings is 2. The molecule has 0 heterocycles. The van der Waals surface area contributed by atoms with E-state index in [2.05, 4.69) is 0 Å². The van der Waals surface area contributed by atoms with Gasteiger partial charge in [-0.25, -0.2) is 4.39 Å². The Morgan fingerprint density at radius 3 is 2.43 bits per heavy atom. The number of nitro benzene ring substituents is 1. The highest BCUT2D eigenvalue weighted by Crippen LogP contribution is 2.30. The highest BCUT2D eigenvalue weighted by molar-refractivity contribution is 5.46. The summed E-state index contributed by atoms with van der Waals surface area (Å²) in [6.07, 6.45) is -0.600. The van der Waals surface area contributed by atoms with Gasteiger partial charge in [0, 0.05) is 5.56 Å². The Morgan fingerprint density at radius 2 is 1.90 bits per heavy atom. The molecule has 2 aromatic carbocycles. The van der Waals surface area contributed by atoms with Gasteiger partial charge in [0.25, 0.3) is 5.69 Å². The molecule has 2 aromatic rings. The number of ether oxygens (including phenoxy) is 1. The van der Waals surface area contributed by atoms with E-state index in [9.17, 15) is 19.6 Å². The average Bonchev–Trinajstić information content (AvgIpc) is 2.42. The Hall–Kier alpha value is -2.47. The molecule has 1 N–H and O–H groups in total. The quantitative estimate of drug-likeness (QED) is 0.685. The maximum atomic E-state index is 13.8. The highest BCUT2D eigenvalue weighted by Gasteiger charge is 2.16. The van der Waals surface area contributed by atoms with Crippen molar-refractivity contribution in [3.05, 3.63) is 63.5 Å². The normalized spacial score (nSPS) is 12.0. The second kappa shape index (κ2) is 5.88. The van der Waals surface area contributed by atoms with Gasteiger partial charge in [0.1, 0.15) is 5.75 Å². The molecule has 0 spiro atoms. The van der Waals surface area contributed by atoms with Gasteiger partial charge < -0.3 is 9.84 Å². The largest absolute Gasteiger partial charge is 0.454 e. The molecule has 0 saturated carbocycles. The number of aryl methyl sites for hydroxylation is 1. The first kappa shape index (κ1) is 14.9. The van der Waals surface area contributed by atoms with Gasteiger partial charge in [0.15, 0.2) is 11.6 Å². The van der Waals surface area contributed by atoms with Crippen LogP contribution in [0.3, 0.4) is 0 Å². The third-order valence-electron chi connectivity index (χ3n) is 3.04. The van der Waals surface area contributed by atoms with Crippen molar-refractivity contribution < 1.29 is 19.2 Å². The molecule has 0 fully saturated rings. The lowest BCUT2D eigenvalue weighted by Gasteiger charge is -2.09. The van der Waals surface area contributed by atoms with Crippen LogP contribution in [0.2, 0.25) is 0 Å². The topological polar surface area (TPSA) is 72.6 Å². The molecule has 0 radical (unpaired) electrons. The van der Waals surface area contributed by atoms with Crippen LogP contribution < -0.4 is 4.74 Å². The number of rotatable bonds is 4. The lowest BCUT2D eigenvalue weighted by atomic mass is 10.1. The molecule has 2 rings (SSSR count). The predicted molar refractivity (Wildman–Crippen MR) is 74.9 cm³/mol. The summed E-state index contributed by atoms with van der Waals surface area (Å²) in [5.41, 5.74) is 0.740. The molecule has 0 aromatic heterocycles. The Balaban J connectivity index is 2.27. The van der Waals surface area contributed by atoms with Crippen molar-refractivity contribution in [2.75, 3.05) is 0 Å². The van der Waals surface area contributed by atoms with Gasteiger partial charge in [-0.3, -0.25) is 10.1 Å². The molecule has 0 amide bonds. The molecule has 6 heteroatoms. The average molecular weight is 291 g/mol. The number of hydrogen-bond acceptors (Lipinski definition) is 4. The summed E-state index contributed by atoms with van der Waals surface area (Å²) in [7, 11) is 0. The summed E-state index contributed by atoms with van der Waals surface area (Å²) in [5.74, 6) is -0.499. The van der Waals surface area contributed by atoms with Crippen LogP contribution in [0.4, 0.5) is 10.1 Å². The van der Waals surface area contributed by atoms with Crippen LogP contribution in [0.25, 0.3) is 0 Å². The fourth-order valence-electron chi connectivity index (χ4n) is 1.86. The second-order valence-corrected chi connectivity index (χ2v) is 4.67. The molecule has 21 heavy (non-hydrogen) atoms. The Kier molecular flexibility index (Phi) is 4.18. The first-order valence-electron chi connectivity index (χ1n) is 6.29. The number of aliphatic hydroxyl groups is 1. The molecule has 110 valence electrons. The lowest BCUT2D eigenvalue weighted by molar-refractivity contribution is -0.385. The summed E-state index contributed by atoms with van der Waals surface area (Å²) in [6, 6.07) is 8.65. The van der Waals surface area contributed by atoms with E-state index in [-0.39, 0.29) is 11.4 Å². The van der Waals surface area contributed by atoms with Crippen LogP contribution in [-0.4, -0.2) is 10.0 Å². The zero-order valence-electron chi connectivity index (χ0n) is 11.5. The van der Waals surface area contributed by atoms with E-state index < -0.39 is 16.8 Å². The number of nitro groups is 1. The van der Waals surface area contributed by atoms with Crippen molar-refractivity contribution in [2.24, 2.45) is 0 Å². The molecular weight excluding hydrogens is 277 g/mol. The maximum absolute atomic E-state index is 13.8. The van der Waals surface area contributed by atoms with Gasteiger partial charge in [0.2, 0.25) is 0 Å². The minimum absolute atomic E-state index is 0.0807. The van der Waals surface area contributed by atoms with Gasteiger partial charge >= 0.3 is 0 Å². The van der Waals surface area contributed by atoms with Crippen LogP contribution in [0.1, 0.15) is 24.2 Å². The molecule has 0 saturated heterocycles. The molecule has 5 nitrogen and oxygen atoms in total. The van der Waals surface area contributed by atoms with Gasteiger partial charge in [-0.05, 0) is 37.6 Å². The van der Waals surface area contributed by atoms with Gasteiger partial charge in [-0.1, -0.05) is 12.1 Å². The fourth-order valence-corrected chi connectivity index (χ4v) is 1.86. The molecule has 0 aliphatic rings. The summed E-state index contributed by atoms with van der Waals surface area (Å²) in [6.45, 7) is 3.15. The molecule has 1 unspecified atom stereocenters. The summed E-state index contributed by atoms with van der Waals surface area (Å²) < 4.78 is 19.2. The number of aliphatic hydroxyl groups excluding tert-OH is 1. The second-order valence-electron chi connectivity index (χ2n) is 4.67. The van der Waals surface area contributed by atoms with Crippen LogP contribution >= 0.6 is 0 Å². The van der Waals surface area contributed by atoms with Crippen LogP contribution in [-0.2, 0) is 0 Å². The molecule has 0 aliphatic carbocycles. The van der Waals surface area contributed by atoms with E-state index in [4.69, 9.17) is 4.74 Å². The Morgan fingerprint density at radius 1 is 1.29 bits per heavy atom. The maximum Gasteiger partial charge on any atom is 0.275 e. The van der Waals surface area contributed by atoms with E-state index in [1.54, 1.807) is 31.2 Å². The molecule has 0 bridgehead atoms. The third kappa shape index (κ3) is 3.35. The standard InChI is InChI=1S/C15H14FNO4/c1-9-7-15(13(16)8-14(9)17(19)20)21-12-5-3-11(4-6-12)10(2)18/h3-8,10,18H,1-2H3. The van der Waals surface area contributed by atoms with Gasteiger partial charge in [0.05, 0.1) is 17.1 Å². The van der Waals surface area contributed by atoms with Crippen molar-refractivity contribution in [2.45, 2.75) is 20.0 Å². The van der Waals surface area contributed by atoms with Crippen molar-refractivity contribution in [1.29, 1.82) is 0 Å². The van der Waals surface area contributed by atoms with Crippen LogP contribution in [0, 0.1) is 22.9 Å². The monoisotopic (exact) mass is 291 g/mol. The minimum atomic E-state index is -0.799. The van der Waals surface area contributed by atoms with Crippen molar-refractivity contribution >= 4 is 5.69 Å². The van der Waals surface area contributed by atoms with Crippen LogP contribution in [0.5, 0.6) is 11.5 Å². The predicted octanol–water partition coefficient (Wildman–Crippen LogP) is 3.89. The van der Waals surface area contributed by atoms with E-state index in [0.29, 0.717) is 16.9 Å². The Labute approximate surface area is 120 Å². The molecule has 1 atom stereocenters. The summed E-state index contributed by atoms with van der Waals surface area (Å²) in [5, 5.41) is 20.1. The summed E-state index contributed by atoms with van der Waals surface area (Å²) in [4.78, 5) is 10.1. The number of hydrogen-bond donors (Lipinski definition) is 1. The van der Waals surface area contributed by atoms with E-state index in [1.807, 2.05) is 0 Å². The SMILES string of the molecule is Cc1cc(Oc2ccc(C(C)O)cc2)c(F)cc1[N+](=O)[O-]. The van der Waals surface area contributed by atoms with Gasteiger partial charge in [-0.2, -0.15) is 0 Å². The van der Waals surface area contributed by atoms with Crippen LogP contribution in [0.15, 0.2) is 36.4 Å². The van der Waals surface area contributed by atoms with Gasteiger partial charge in [-0.15, -0.1) is 0 Å². The number of nitrogens with zero attached hydrogens (tertiary/aromatic N) is 1. The van der Waals surface area contributed by atoms with E-state index in [1.165, 1.54) is 13.0 Å². The lowest BCUT2D eigenvalue weighted by Crippen LogP contribution is -1.96. The van der Waals surface area contributed by atoms with Crippen molar-refractivity contribution in [1.82, 2.24) is 0 Å². The smallest absolute Gasteiger partial charge is 0.275 e. The molecule has 0 aliphatic heterocycles. The van der Waals surface area contributed by atoms with Crippen molar-refractivity contribution in [3.8, 4) is 11.5 Å². The first-order valence-corrected chi connectivity index (χ1v) is 6.29. The van der Waals surface area contributed by atoms with E-state index >= 15 is 0 Å². The molecular formula is C15H14FNO4.